The van der Waals surface area contributed by atoms with E-state index in [0.29, 0.717) is 6.61 Å². The summed E-state index contributed by atoms with van der Waals surface area (Å²) >= 11 is 0. The van der Waals surface area contributed by atoms with Crippen LogP contribution in [0.4, 0.5) is 0 Å². The zero-order chi connectivity index (χ0) is 29.9. The first-order chi connectivity index (χ1) is 19.1. The van der Waals surface area contributed by atoms with Gasteiger partial charge < -0.3 is 33.2 Å². The Labute approximate surface area is 238 Å². The Morgan fingerprint density at radius 3 is 1.82 bits per heavy atom. The number of ether oxygens (including phenoxy) is 7. The molecule has 1 aliphatic rings. The summed E-state index contributed by atoms with van der Waals surface area (Å²) in [5, 5.41) is 0. The average Bonchev–Trinajstić information content (AvgIpc) is 2.86. The van der Waals surface area contributed by atoms with E-state index < -0.39 is 60.9 Å². The van der Waals surface area contributed by atoms with Crippen LogP contribution >= 0.6 is 0 Å². The largest absolute Gasteiger partial charge is 0.463 e. The van der Waals surface area contributed by atoms with Gasteiger partial charge in [-0.1, -0.05) is 57.9 Å². The highest BCUT2D eigenvalue weighted by molar-refractivity contribution is 5.68. The Balaban J connectivity index is 3.02. The molecule has 1 heterocycles. The lowest BCUT2D eigenvalue weighted by molar-refractivity contribution is -0.332. The average molecular weight is 573 g/mol. The van der Waals surface area contributed by atoms with Gasteiger partial charge in [0.1, 0.15) is 12.7 Å². The second kappa shape index (κ2) is 20.4. The van der Waals surface area contributed by atoms with Crippen molar-refractivity contribution in [3.8, 4) is 0 Å². The molecule has 0 aliphatic carbocycles. The van der Waals surface area contributed by atoms with E-state index in [9.17, 15) is 19.2 Å². The summed E-state index contributed by atoms with van der Waals surface area (Å²) < 4.78 is 39.1. The Hall–Kier alpha value is -2.50. The summed E-state index contributed by atoms with van der Waals surface area (Å²) in [6.45, 7) is 8.72. The van der Waals surface area contributed by atoms with Crippen molar-refractivity contribution in [1.82, 2.24) is 0 Å². The number of unbranched alkanes of at least 4 members (excludes halogenated alkanes) is 8. The highest BCUT2D eigenvalue weighted by Crippen LogP contribution is 2.31. The lowest BCUT2D eigenvalue weighted by Gasteiger charge is -2.44. The van der Waals surface area contributed by atoms with E-state index in [1.165, 1.54) is 66.2 Å². The van der Waals surface area contributed by atoms with Gasteiger partial charge >= 0.3 is 23.9 Å². The zero-order valence-corrected chi connectivity index (χ0v) is 24.9. The summed E-state index contributed by atoms with van der Waals surface area (Å²) in [4.78, 5) is 47.4. The highest BCUT2D eigenvalue weighted by atomic mass is 16.8. The number of rotatable bonds is 19. The molecule has 1 aliphatic heterocycles. The minimum atomic E-state index is -1.30. The van der Waals surface area contributed by atoms with Crippen LogP contribution in [0.5, 0.6) is 0 Å². The van der Waals surface area contributed by atoms with E-state index in [1.807, 2.05) is 6.08 Å². The van der Waals surface area contributed by atoms with Gasteiger partial charge in [-0.2, -0.15) is 0 Å². The van der Waals surface area contributed by atoms with Crippen LogP contribution in [0, 0.1) is 0 Å². The van der Waals surface area contributed by atoms with Crippen LogP contribution < -0.4 is 0 Å². The lowest BCUT2D eigenvalue weighted by atomic mass is 9.98. The molecular weight excluding hydrogens is 524 g/mol. The Bertz CT molecular complexity index is 797. The van der Waals surface area contributed by atoms with E-state index in [2.05, 4.69) is 6.92 Å². The maximum absolute atomic E-state index is 12.0. The van der Waals surface area contributed by atoms with E-state index in [-0.39, 0.29) is 6.61 Å². The van der Waals surface area contributed by atoms with Gasteiger partial charge in [0.2, 0.25) is 6.29 Å². The third-order valence-electron chi connectivity index (χ3n) is 6.06. The van der Waals surface area contributed by atoms with Crippen LogP contribution in [-0.4, -0.2) is 74.1 Å². The molecule has 11 heteroatoms. The molecule has 0 amide bonds. The van der Waals surface area contributed by atoms with Gasteiger partial charge in [0.15, 0.2) is 24.6 Å². The van der Waals surface area contributed by atoms with E-state index in [4.69, 9.17) is 33.2 Å². The fraction of sp³-hybridized carbons (Fsp3) is 0.793. The van der Waals surface area contributed by atoms with Crippen LogP contribution in [0.15, 0.2) is 12.2 Å². The summed E-state index contributed by atoms with van der Waals surface area (Å²) in [7, 11) is 0. The molecular formula is C29H48O11. The molecule has 40 heavy (non-hydrogen) atoms. The summed E-state index contributed by atoms with van der Waals surface area (Å²) in [6.07, 6.45) is 7.16. The van der Waals surface area contributed by atoms with Crippen molar-refractivity contribution in [2.45, 2.75) is 136 Å². The third kappa shape index (κ3) is 14.8. The molecule has 1 rings (SSSR count). The van der Waals surface area contributed by atoms with Gasteiger partial charge in [-0.05, 0) is 25.8 Å². The quantitative estimate of drug-likeness (QED) is 0.0710. The molecule has 0 aromatic carbocycles. The molecule has 6 atom stereocenters. The number of hydrogen-bond acceptors (Lipinski definition) is 11. The van der Waals surface area contributed by atoms with Crippen molar-refractivity contribution < 1.29 is 52.3 Å². The first-order valence-corrected chi connectivity index (χ1v) is 14.3. The van der Waals surface area contributed by atoms with Crippen molar-refractivity contribution in [1.29, 1.82) is 0 Å². The van der Waals surface area contributed by atoms with Crippen LogP contribution in [0.2, 0.25) is 0 Å². The second-order valence-electron chi connectivity index (χ2n) is 9.72. The molecule has 0 saturated carbocycles. The first kappa shape index (κ1) is 35.5. The molecule has 0 N–H and O–H groups in total. The predicted molar refractivity (Wildman–Crippen MR) is 145 cm³/mol. The second-order valence-corrected chi connectivity index (χ2v) is 9.72. The van der Waals surface area contributed by atoms with E-state index in [0.717, 1.165) is 19.3 Å². The van der Waals surface area contributed by atoms with Crippen LogP contribution in [0.25, 0.3) is 0 Å². The Morgan fingerprint density at radius 2 is 1.27 bits per heavy atom. The molecule has 11 nitrogen and oxygen atoms in total. The van der Waals surface area contributed by atoms with Gasteiger partial charge in [0, 0.05) is 34.3 Å². The van der Waals surface area contributed by atoms with Crippen LogP contribution in [-0.2, 0) is 52.3 Å². The number of hydrogen-bond donors (Lipinski definition) is 0. The monoisotopic (exact) mass is 572 g/mol. The fourth-order valence-electron chi connectivity index (χ4n) is 4.34. The van der Waals surface area contributed by atoms with Gasteiger partial charge in [0.05, 0.1) is 0 Å². The minimum absolute atomic E-state index is 0.318. The van der Waals surface area contributed by atoms with Crippen molar-refractivity contribution in [3.63, 3.8) is 0 Å². The van der Waals surface area contributed by atoms with Crippen molar-refractivity contribution in [3.05, 3.63) is 12.2 Å². The number of carbonyl (C=O) groups is 4. The molecule has 0 aromatic heterocycles. The highest BCUT2D eigenvalue weighted by Gasteiger charge is 2.53. The predicted octanol–water partition coefficient (Wildman–Crippen LogP) is 4.54. The molecule has 0 unspecified atom stereocenters. The molecule has 230 valence electrons. The smallest absolute Gasteiger partial charge is 0.303 e. The van der Waals surface area contributed by atoms with E-state index in [1.54, 1.807) is 13.0 Å². The SMILES string of the molecule is CCCCCCCCCC/C=C\[C@H](OCC)O[C@@H]1O[C@H](COC(C)=O)[C@@H](OC(C)=O)[C@H](OC(C)=O)[C@H]1OC(C)=O. The third-order valence-corrected chi connectivity index (χ3v) is 6.06. The van der Waals surface area contributed by atoms with Gasteiger partial charge in [-0.15, -0.1) is 0 Å². The van der Waals surface area contributed by atoms with Crippen LogP contribution in [0.3, 0.4) is 0 Å². The minimum Gasteiger partial charge on any atom is -0.463 e. The normalized spacial score (nSPS) is 23.4. The molecule has 1 fully saturated rings. The summed E-state index contributed by atoms with van der Waals surface area (Å²) in [5.41, 5.74) is 0. The fourth-order valence-corrected chi connectivity index (χ4v) is 4.34. The van der Waals surface area contributed by atoms with Crippen LogP contribution in [0.1, 0.15) is 99.3 Å². The lowest BCUT2D eigenvalue weighted by Crippen LogP contribution is -2.63. The Kier molecular flexibility index (Phi) is 18.1. The van der Waals surface area contributed by atoms with Crippen molar-refractivity contribution in [2.75, 3.05) is 13.2 Å². The number of carbonyl (C=O) groups excluding carboxylic acids is 4. The van der Waals surface area contributed by atoms with Gasteiger partial charge in [0.25, 0.3) is 0 Å². The van der Waals surface area contributed by atoms with Crippen molar-refractivity contribution >= 4 is 23.9 Å². The number of esters is 4. The topological polar surface area (TPSA) is 133 Å². The summed E-state index contributed by atoms with van der Waals surface area (Å²) in [5.74, 6) is -2.70. The van der Waals surface area contributed by atoms with E-state index >= 15 is 0 Å². The number of allylic oxidation sites excluding steroid dienone is 1. The zero-order valence-electron chi connectivity index (χ0n) is 24.9. The maximum Gasteiger partial charge on any atom is 0.303 e. The molecule has 0 aromatic rings. The molecule has 0 radical (unpaired) electrons. The molecule has 0 bridgehead atoms. The van der Waals surface area contributed by atoms with Crippen molar-refractivity contribution in [2.24, 2.45) is 0 Å². The first-order valence-electron chi connectivity index (χ1n) is 14.3. The van der Waals surface area contributed by atoms with Gasteiger partial charge in [-0.3, -0.25) is 19.2 Å². The Morgan fingerprint density at radius 1 is 0.725 bits per heavy atom. The maximum atomic E-state index is 12.0. The molecule has 1 saturated heterocycles. The standard InChI is InChI=1S/C29H48O11/c1-7-9-10-11-12-13-14-15-16-17-18-25(34-8-2)40-29-28(38-23(6)33)27(37-22(5)32)26(36-21(4)31)24(39-29)19-35-20(3)30/h17-18,24-29H,7-16,19H2,1-6H3/b18-17-/t24-,25-,26-,27+,28-,29+/m1/s1. The van der Waals surface area contributed by atoms with Gasteiger partial charge in [-0.25, -0.2) is 0 Å². The molecule has 0 spiro atoms. The summed E-state index contributed by atoms with van der Waals surface area (Å²) in [6, 6.07) is 0.